The Morgan fingerprint density at radius 1 is 0.690 bits per heavy atom. The standard InChI is InChI=1S/C32H40Cl3N3O4/c1-39-28-10-6-23(18-30(28)41-3)21-37-14-5-15-38(22-24-7-11-29(40-2)31(19-24)42-4)32(37)26-9-8-25(20-27(26)35)36(16-12-33)17-13-34/h6-11,18-20,32H,5,12-17,21-22H2,1-4H3. The second kappa shape index (κ2) is 15.8. The molecule has 7 nitrogen and oxygen atoms in total. The van der Waals surface area contributed by atoms with Crippen molar-refractivity contribution in [2.75, 3.05) is 71.3 Å². The van der Waals surface area contributed by atoms with E-state index in [1.807, 2.05) is 30.3 Å². The minimum atomic E-state index is -0.0593. The summed E-state index contributed by atoms with van der Waals surface area (Å²) in [5.74, 6) is 3.87. The van der Waals surface area contributed by atoms with Crippen molar-refractivity contribution in [3.05, 3.63) is 76.3 Å². The number of hydrogen-bond donors (Lipinski definition) is 0. The Labute approximate surface area is 264 Å². The smallest absolute Gasteiger partial charge is 0.161 e. The molecule has 1 aliphatic heterocycles. The van der Waals surface area contributed by atoms with Gasteiger partial charge in [0, 0.05) is 67.3 Å². The fourth-order valence-corrected chi connectivity index (χ4v) is 6.28. The number of halogens is 3. The molecule has 1 saturated heterocycles. The summed E-state index contributed by atoms with van der Waals surface area (Å²) in [5.41, 5.74) is 4.33. The number of nitrogens with zero attached hydrogens (tertiary/aromatic N) is 3. The Kier molecular flexibility index (Phi) is 12.2. The van der Waals surface area contributed by atoms with Crippen molar-refractivity contribution in [1.82, 2.24) is 9.80 Å². The van der Waals surface area contributed by atoms with Gasteiger partial charge in [-0.25, -0.2) is 0 Å². The number of alkyl halides is 2. The maximum absolute atomic E-state index is 7.10. The molecule has 0 radical (unpaired) electrons. The Morgan fingerprint density at radius 3 is 1.62 bits per heavy atom. The van der Waals surface area contributed by atoms with E-state index in [-0.39, 0.29) is 6.17 Å². The summed E-state index contributed by atoms with van der Waals surface area (Å²) in [6.07, 6.45) is 0.961. The van der Waals surface area contributed by atoms with Crippen LogP contribution in [0.25, 0.3) is 0 Å². The molecule has 0 aliphatic carbocycles. The first-order valence-electron chi connectivity index (χ1n) is 14.0. The molecule has 0 saturated carbocycles. The largest absolute Gasteiger partial charge is 0.493 e. The lowest BCUT2D eigenvalue weighted by molar-refractivity contribution is -0.00909. The SMILES string of the molecule is COc1ccc(CN2CCCN(Cc3ccc(OC)c(OC)c3)C2c2ccc(N(CCCl)CCCl)cc2Cl)cc1OC. The van der Waals surface area contributed by atoms with Gasteiger partial charge in [-0.2, -0.15) is 0 Å². The quantitative estimate of drug-likeness (QED) is 0.176. The highest BCUT2D eigenvalue weighted by Gasteiger charge is 2.33. The van der Waals surface area contributed by atoms with Gasteiger partial charge >= 0.3 is 0 Å². The molecule has 0 bridgehead atoms. The molecule has 1 fully saturated rings. The average Bonchev–Trinajstić information content (AvgIpc) is 3.01. The van der Waals surface area contributed by atoms with Crippen molar-refractivity contribution in [2.24, 2.45) is 0 Å². The number of benzene rings is 3. The third kappa shape index (κ3) is 7.69. The molecular weight excluding hydrogens is 597 g/mol. The molecule has 42 heavy (non-hydrogen) atoms. The number of rotatable bonds is 14. The maximum atomic E-state index is 7.10. The van der Waals surface area contributed by atoms with E-state index in [1.165, 1.54) is 0 Å². The van der Waals surface area contributed by atoms with Crippen molar-refractivity contribution in [2.45, 2.75) is 25.7 Å². The summed E-state index contributed by atoms with van der Waals surface area (Å²) < 4.78 is 22.1. The van der Waals surface area contributed by atoms with Crippen LogP contribution in [0.1, 0.15) is 29.3 Å². The molecular formula is C32H40Cl3N3O4. The first-order chi connectivity index (χ1) is 20.5. The molecule has 0 unspecified atom stereocenters. The number of hydrogen-bond acceptors (Lipinski definition) is 7. The fraction of sp³-hybridized carbons (Fsp3) is 0.438. The number of methoxy groups -OCH3 is 4. The highest BCUT2D eigenvalue weighted by Crippen LogP contribution is 2.39. The molecule has 0 spiro atoms. The Hall–Kier alpha value is -2.55. The molecule has 228 valence electrons. The van der Waals surface area contributed by atoms with Crippen LogP contribution in [0.5, 0.6) is 23.0 Å². The summed E-state index contributed by atoms with van der Waals surface area (Å²) in [7, 11) is 6.62. The first-order valence-corrected chi connectivity index (χ1v) is 15.5. The normalized spacial score (nSPS) is 14.5. The lowest BCUT2D eigenvalue weighted by Gasteiger charge is -2.45. The monoisotopic (exact) mass is 635 g/mol. The zero-order valence-electron chi connectivity index (χ0n) is 24.7. The second-order valence-electron chi connectivity index (χ2n) is 10.1. The molecule has 1 aliphatic rings. The van der Waals surface area contributed by atoms with E-state index < -0.39 is 0 Å². The van der Waals surface area contributed by atoms with Gasteiger partial charge in [-0.15, -0.1) is 23.2 Å². The fourth-order valence-electron chi connectivity index (χ4n) is 5.60. The topological polar surface area (TPSA) is 46.6 Å². The summed E-state index contributed by atoms with van der Waals surface area (Å²) in [4.78, 5) is 7.11. The summed E-state index contributed by atoms with van der Waals surface area (Å²) in [5, 5.41) is 0.711. The van der Waals surface area contributed by atoms with Crippen LogP contribution < -0.4 is 23.8 Å². The van der Waals surface area contributed by atoms with Gasteiger partial charge in [-0.3, -0.25) is 9.80 Å². The van der Waals surface area contributed by atoms with Crippen molar-refractivity contribution < 1.29 is 18.9 Å². The molecule has 0 atom stereocenters. The molecule has 0 amide bonds. The van der Waals surface area contributed by atoms with Crippen molar-refractivity contribution in [1.29, 1.82) is 0 Å². The zero-order valence-corrected chi connectivity index (χ0v) is 27.0. The molecule has 4 rings (SSSR count). The van der Waals surface area contributed by atoms with Gasteiger partial charge in [0.15, 0.2) is 23.0 Å². The molecule has 3 aromatic carbocycles. The van der Waals surface area contributed by atoms with Gasteiger partial charge in [-0.05, 0) is 53.9 Å². The first kappa shape index (κ1) is 32.4. The van der Waals surface area contributed by atoms with Crippen LogP contribution in [-0.4, -0.2) is 76.2 Å². The van der Waals surface area contributed by atoms with Gasteiger partial charge in [0.2, 0.25) is 0 Å². The number of ether oxygens (including phenoxy) is 4. The van der Waals surface area contributed by atoms with Crippen LogP contribution in [0.4, 0.5) is 5.69 Å². The second-order valence-corrected chi connectivity index (χ2v) is 11.3. The van der Waals surface area contributed by atoms with Crippen LogP contribution in [0, 0.1) is 0 Å². The van der Waals surface area contributed by atoms with Crippen LogP contribution in [0.3, 0.4) is 0 Å². The minimum absolute atomic E-state index is 0.0593. The van der Waals surface area contributed by atoms with E-state index >= 15 is 0 Å². The summed E-state index contributed by atoms with van der Waals surface area (Å²) in [6.45, 7) is 4.68. The molecule has 1 heterocycles. The van der Waals surface area contributed by atoms with Crippen LogP contribution in [0.15, 0.2) is 54.6 Å². The minimum Gasteiger partial charge on any atom is -0.493 e. The third-order valence-electron chi connectivity index (χ3n) is 7.59. The number of anilines is 1. The average molecular weight is 637 g/mol. The van der Waals surface area contributed by atoms with Gasteiger partial charge in [0.1, 0.15) is 0 Å². The predicted molar refractivity (Wildman–Crippen MR) is 172 cm³/mol. The van der Waals surface area contributed by atoms with E-state index in [4.69, 9.17) is 53.8 Å². The summed E-state index contributed by atoms with van der Waals surface area (Å²) in [6, 6.07) is 18.5. The third-order valence-corrected chi connectivity index (χ3v) is 8.25. The van der Waals surface area contributed by atoms with Crippen LogP contribution in [-0.2, 0) is 13.1 Å². The summed E-state index contributed by atoms with van der Waals surface area (Å²) >= 11 is 19.3. The molecule has 0 aromatic heterocycles. The van der Waals surface area contributed by atoms with Crippen molar-refractivity contribution in [3.63, 3.8) is 0 Å². The van der Waals surface area contributed by atoms with E-state index in [0.717, 1.165) is 55.0 Å². The molecule has 10 heteroatoms. The zero-order chi connectivity index (χ0) is 30.1. The van der Waals surface area contributed by atoms with E-state index in [1.54, 1.807) is 28.4 Å². The van der Waals surface area contributed by atoms with Crippen molar-refractivity contribution >= 4 is 40.5 Å². The van der Waals surface area contributed by atoms with Gasteiger partial charge in [0.05, 0.1) is 34.6 Å². The Bertz CT molecular complexity index is 1240. The maximum Gasteiger partial charge on any atom is 0.161 e. The Morgan fingerprint density at radius 2 is 1.19 bits per heavy atom. The van der Waals surface area contributed by atoms with Gasteiger partial charge in [-0.1, -0.05) is 29.8 Å². The highest BCUT2D eigenvalue weighted by molar-refractivity contribution is 6.31. The predicted octanol–water partition coefficient (Wildman–Crippen LogP) is 7.07. The lowest BCUT2D eigenvalue weighted by atomic mass is 10.0. The molecule has 0 N–H and O–H groups in total. The van der Waals surface area contributed by atoms with E-state index in [0.29, 0.717) is 52.9 Å². The van der Waals surface area contributed by atoms with Crippen LogP contribution >= 0.6 is 34.8 Å². The highest BCUT2D eigenvalue weighted by atomic mass is 35.5. The molecule has 3 aromatic rings. The van der Waals surface area contributed by atoms with Gasteiger partial charge in [0.25, 0.3) is 0 Å². The Balaban J connectivity index is 1.71. The lowest BCUT2D eigenvalue weighted by Crippen LogP contribution is -2.47. The van der Waals surface area contributed by atoms with Crippen molar-refractivity contribution in [3.8, 4) is 23.0 Å². The van der Waals surface area contributed by atoms with E-state index in [9.17, 15) is 0 Å². The van der Waals surface area contributed by atoms with Gasteiger partial charge < -0.3 is 23.8 Å². The van der Waals surface area contributed by atoms with E-state index in [2.05, 4.69) is 39.0 Å². The van der Waals surface area contributed by atoms with Crippen LogP contribution in [0.2, 0.25) is 5.02 Å².